The van der Waals surface area contributed by atoms with Gasteiger partial charge in [0, 0.05) is 26.1 Å². The van der Waals surface area contributed by atoms with Gasteiger partial charge in [0.2, 0.25) is 5.91 Å². The largest absolute Gasteiger partial charge is 0.381 e. The number of carbonyl (C=O) groups is 1. The highest BCUT2D eigenvalue weighted by Gasteiger charge is 1.99. The Kier molecular flexibility index (Phi) is 7.84. The summed E-state index contributed by atoms with van der Waals surface area (Å²) < 4.78 is 5.49. The van der Waals surface area contributed by atoms with Crippen molar-refractivity contribution in [3.8, 4) is 0 Å². The summed E-state index contributed by atoms with van der Waals surface area (Å²) in [7, 11) is 0. The van der Waals surface area contributed by atoms with Crippen LogP contribution in [0.5, 0.6) is 0 Å². The Balaban J connectivity index is 1.94. The number of amides is 1. The lowest BCUT2D eigenvalue weighted by Crippen LogP contribution is -2.28. The molecule has 4 heteroatoms. The highest BCUT2D eigenvalue weighted by Crippen LogP contribution is 2.00. The van der Waals surface area contributed by atoms with Crippen LogP contribution in [0.2, 0.25) is 0 Å². The van der Waals surface area contributed by atoms with Crippen LogP contribution in [-0.2, 0) is 16.0 Å². The lowest BCUT2D eigenvalue weighted by atomic mass is 10.2. The Labute approximate surface area is 109 Å². The van der Waals surface area contributed by atoms with Crippen molar-refractivity contribution in [2.75, 3.05) is 26.3 Å². The fourth-order valence-corrected chi connectivity index (χ4v) is 1.57. The number of nitrogens with two attached hydrogens (primary N) is 1. The van der Waals surface area contributed by atoms with E-state index < -0.39 is 0 Å². The summed E-state index contributed by atoms with van der Waals surface area (Å²) in [6.07, 6.45) is 2.18. The van der Waals surface area contributed by atoms with Gasteiger partial charge in [-0.1, -0.05) is 30.3 Å². The van der Waals surface area contributed by atoms with Gasteiger partial charge in [0.25, 0.3) is 0 Å². The minimum absolute atomic E-state index is 0.0482. The van der Waals surface area contributed by atoms with Crippen LogP contribution in [0.4, 0.5) is 0 Å². The molecule has 3 N–H and O–H groups in total. The Morgan fingerprint density at radius 1 is 1.22 bits per heavy atom. The molecule has 0 atom stereocenters. The third kappa shape index (κ3) is 7.04. The van der Waals surface area contributed by atoms with E-state index in [2.05, 4.69) is 17.4 Å². The predicted molar refractivity (Wildman–Crippen MR) is 72.3 cm³/mol. The van der Waals surface area contributed by atoms with Gasteiger partial charge >= 0.3 is 0 Å². The lowest BCUT2D eigenvalue weighted by molar-refractivity contribution is -0.121. The third-order valence-corrected chi connectivity index (χ3v) is 2.54. The zero-order valence-corrected chi connectivity index (χ0v) is 10.7. The number of hydrogen-bond donors (Lipinski definition) is 2. The summed E-state index contributed by atoms with van der Waals surface area (Å²) in [4.78, 5) is 11.2. The molecule has 1 rings (SSSR count). The molecule has 0 spiro atoms. The molecule has 18 heavy (non-hydrogen) atoms. The first-order valence-corrected chi connectivity index (χ1v) is 6.41. The first-order valence-electron chi connectivity index (χ1n) is 6.41. The van der Waals surface area contributed by atoms with Crippen molar-refractivity contribution >= 4 is 5.91 Å². The van der Waals surface area contributed by atoms with E-state index in [0.29, 0.717) is 32.7 Å². The second-order valence-electron chi connectivity index (χ2n) is 4.09. The summed E-state index contributed by atoms with van der Waals surface area (Å²) in [5.41, 5.74) is 6.56. The molecule has 0 aliphatic rings. The van der Waals surface area contributed by atoms with Gasteiger partial charge in [0.15, 0.2) is 0 Å². The van der Waals surface area contributed by atoms with Crippen LogP contribution in [0.25, 0.3) is 0 Å². The van der Waals surface area contributed by atoms with E-state index in [9.17, 15) is 4.79 Å². The zero-order valence-electron chi connectivity index (χ0n) is 10.7. The van der Waals surface area contributed by atoms with Crippen LogP contribution >= 0.6 is 0 Å². The second-order valence-corrected chi connectivity index (χ2v) is 4.09. The summed E-state index contributed by atoms with van der Waals surface area (Å²) >= 11 is 0. The molecule has 0 radical (unpaired) electrons. The molecule has 0 bridgehead atoms. The van der Waals surface area contributed by atoms with Gasteiger partial charge in [-0.2, -0.15) is 0 Å². The van der Waals surface area contributed by atoms with Crippen molar-refractivity contribution in [3.63, 3.8) is 0 Å². The molecule has 0 heterocycles. The van der Waals surface area contributed by atoms with Gasteiger partial charge in [-0.15, -0.1) is 0 Å². The lowest BCUT2D eigenvalue weighted by Gasteiger charge is -2.05. The number of benzene rings is 1. The van der Waals surface area contributed by atoms with Crippen molar-refractivity contribution in [3.05, 3.63) is 35.9 Å². The van der Waals surface area contributed by atoms with Gasteiger partial charge in [-0.3, -0.25) is 4.79 Å². The van der Waals surface area contributed by atoms with Crippen molar-refractivity contribution < 1.29 is 9.53 Å². The van der Waals surface area contributed by atoms with Crippen molar-refractivity contribution in [2.45, 2.75) is 19.3 Å². The van der Waals surface area contributed by atoms with E-state index in [0.717, 1.165) is 12.8 Å². The van der Waals surface area contributed by atoms with Gasteiger partial charge in [0.1, 0.15) is 0 Å². The molecule has 0 fully saturated rings. The van der Waals surface area contributed by atoms with E-state index in [-0.39, 0.29) is 5.91 Å². The second kappa shape index (κ2) is 9.62. The Hall–Kier alpha value is -1.39. The molecule has 0 aromatic heterocycles. The molecular weight excluding hydrogens is 228 g/mol. The van der Waals surface area contributed by atoms with Crippen LogP contribution < -0.4 is 11.1 Å². The summed E-state index contributed by atoms with van der Waals surface area (Å²) in [6, 6.07) is 10.2. The molecule has 0 aliphatic carbocycles. The molecule has 1 amide bonds. The zero-order chi connectivity index (χ0) is 13.1. The molecule has 0 unspecified atom stereocenters. The fraction of sp³-hybridized carbons (Fsp3) is 0.500. The van der Waals surface area contributed by atoms with Crippen LogP contribution in [-0.4, -0.2) is 32.2 Å². The third-order valence-electron chi connectivity index (χ3n) is 2.54. The quantitative estimate of drug-likeness (QED) is 0.645. The van der Waals surface area contributed by atoms with Crippen LogP contribution in [0, 0.1) is 0 Å². The van der Waals surface area contributed by atoms with E-state index in [1.807, 2.05) is 18.2 Å². The maximum atomic E-state index is 11.2. The van der Waals surface area contributed by atoms with Crippen molar-refractivity contribution in [1.29, 1.82) is 0 Å². The average molecular weight is 250 g/mol. The van der Waals surface area contributed by atoms with Gasteiger partial charge in [-0.05, 0) is 18.4 Å². The number of ether oxygens (including phenoxy) is 1. The van der Waals surface area contributed by atoms with E-state index in [4.69, 9.17) is 10.5 Å². The summed E-state index contributed by atoms with van der Waals surface area (Å²) in [5.74, 6) is 0.0482. The molecule has 0 aliphatic heterocycles. The highest BCUT2D eigenvalue weighted by atomic mass is 16.5. The van der Waals surface area contributed by atoms with Crippen molar-refractivity contribution in [1.82, 2.24) is 5.32 Å². The maximum Gasteiger partial charge on any atom is 0.220 e. The average Bonchev–Trinajstić information content (AvgIpc) is 2.41. The van der Waals surface area contributed by atoms with Gasteiger partial charge in [-0.25, -0.2) is 0 Å². The Bertz CT molecular complexity index is 328. The number of rotatable bonds is 9. The standard InChI is InChI=1S/C14H22N2O2/c15-9-10-16-14(17)7-4-11-18-12-8-13-5-2-1-3-6-13/h1-3,5-6H,4,7-12,15H2,(H,16,17). The van der Waals surface area contributed by atoms with Crippen molar-refractivity contribution in [2.24, 2.45) is 5.73 Å². The number of hydrogen-bond acceptors (Lipinski definition) is 3. The molecule has 0 saturated heterocycles. The maximum absolute atomic E-state index is 11.2. The number of carbonyl (C=O) groups excluding carboxylic acids is 1. The fourth-order valence-electron chi connectivity index (χ4n) is 1.57. The van der Waals surface area contributed by atoms with E-state index in [1.54, 1.807) is 0 Å². The van der Waals surface area contributed by atoms with E-state index >= 15 is 0 Å². The van der Waals surface area contributed by atoms with Gasteiger partial charge in [0.05, 0.1) is 6.61 Å². The van der Waals surface area contributed by atoms with Crippen LogP contribution in [0.3, 0.4) is 0 Å². The molecule has 100 valence electrons. The normalized spacial score (nSPS) is 10.3. The van der Waals surface area contributed by atoms with E-state index in [1.165, 1.54) is 5.56 Å². The van der Waals surface area contributed by atoms with Crippen LogP contribution in [0.15, 0.2) is 30.3 Å². The van der Waals surface area contributed by atoms with Gasteiger partial charge < -0.3 is 15.8 Å². The first kappa shape index (κ1) is 14.7. The molecule has 1 aromatic rings. The first-order chi connectivity index (χ1) is 8.83. The molecule has 0 saturated carbocycles. The topological polar surface area (TPSA) is 64.3 Å². The molecule has 1 aromatic carbocycles. The van der Waals surface area contributed by atoms with Crippen LogP contribution in [0.1, 0.15) is 18.4 Å². The minimum atomic E-state index is 0.0482. The smallest absolute Gasteiger partial charge is 0.220 e. The number of nitrogens with one attached hydrogen (secondary N) is 1. The molecule has 4 nitrogen and oxygen atoms in total. The minimum Gasteiger partial charge on any atom is -0.381 e. The SMILES string of the molecule is NCCNC(=O)CCCOCCc1ccccc1. The summed E-state index contributed by atoms with van der Waals surface area (Å²) in [6.45, 7) is 2.37. The Morgan fingerprint density at radius 3 is 2.72 bits per heavy atom. The summed E-state index contributed by atoms with van der Waals surface area (Å²) in [5, 5.41) is 2.73. The highest BCUT2D eigenvalue weighted by molar-refractivity contribution is 5.75. The Morgan fingerprint density at radius 2 is 2.00 bits per heavy atom. The monoisotopic (exact) mass is 250 g/mol. The molecular formula is C14H22N2O2. The predicted octanol–water partition coefficient (Wildman–Crippen LogP) is 1.10.